The van der Waals surface area contributed by atoms with Crippen molar-refractivity contribution in [3.8, 4) is 0 Å². The Hall–Kier alpha value is -2.71. The third-order valence-electron chi connectivity index (χ3n) is 4.79. The van der Waals surface area contributed by atoms with Crippen molar-refractivity contribution in [1.29, 1.82) is 0 Å². The number of anilines is 1. The van der Waals surface area contributed by atoms with Crippen LogP contribution >= 0.6 is 11.3 Å². The number of hydrogen-bond donors (Lipinski definition) is 2. The molecule has 0 fully saturated rings. The molecule has 29 heavy (non-hydrogen) atoms. The zero-order chi connectivity index (χ0) is 20.4. The van der Waals surface area contributed by atoms with E-state index in [-0.39, 0.29) is 5.91 Å². The molecule has 0 unspecified atom stereocenters. The van der Waals surface area contributed by atoms with Crippen LogP contribution in [0.15, 0.2) is 48.7 Å². The molecule has 1 aliphatic rings. The van der Waals surface area contributed by atoms with E-state index in [1.54, 1.807) is 12.3 Å². The van der Waals surface area contributed by atoms with Crippen LogP contribution in [0.1, 0.15) is 37.5 Å². The topological polar surface area (TPSA) is 54.0 Å². The standard InChI is InChI=1S/C21H18F3N3OS/c22-21(23,24)17-5-1-13(2-6-17)9-18-12-26-20(29-18)27-19(28)15-3-4-16-11-25-8-7-14(16)10-15/h1-6,10,12,25H,7-9,11H2,(H,26,27,28). The monoisotopic (exact) mass is 417 g/mol. The van der Waals surface area contributed by atoms with Crippen LogP contribution in [0.4, 0.5) is 18.3 Å². The lowest BCUT2D eigenvalue weighted by molar-refractivity contribution is -0.137. The van der Waals surface area contributed by atoms with Crippen LogP contribution < -0.4 is 10.6 Å². The van der Waals surface area contributed by atoms with Crippen molar-refractivity contribution in [3.63, 3.8) is 0 Å². The molecule has 3 aromatic rings. The maximum Gasteiger partial charge on any atom is 0.416 e. The van der Waals surface area contributed by atoms with Crippen molar-refractivity contribution in [2.24, 2.45) is 0 Å². The fourth-order valence-electron chi connectivity index (χ4n) is 3.25. The zero-order valence-electron chi connectivity index (χ0n) is 15.3. The van der Waals surface area contributed by atoms with E-state index in [9.17, 15) is 18.0 Å². The SMILES string of the molecule is O=C(Nc1ncc(Cc2ccc(C(F)(F)F)cc2)s1)c1ccc2c(c1)CCNC2. The van der Waals surface area contributed by atoms with Crippen LogP contribution in [-0.2, 0) is 25.6 Å². The van der Waals surface area contributed by atoms with E-state index in [4.69, 9.17) is 0 Å². The van der Waals surface area contributed by atoms with Gasteiger partial charge in [-0.15, -0.1) is 11.3 Å². The predicted molar refractivity (Wildman–Crippen MR) is 106 cm³/mol. The number of nitrogens with zero attached hydrogens (tertiary/aromatic N) is 1. The first-order valence-electron chi connectivity index (χ1n) is 9.13. The van der Waals surface area contributed by atoms with Crippen LogP contribution in [0.5, 0.6) is 0 Å². The summed E-state index contributed by atoms with van der Waals surface area (Å²) in [5, 5.41) is 6.57. The molecule has 1 aliphatic heterocycles. The second-order valence-electron chi connectivity index (χ2n) is 6.87. The van der Waals surface area contributed by atoms with Crippen LogP contribution in [-0.4, -0.2) is 17.4 Å². The number of fused-ring (bicyclic) bond motifs is 1. The number of alkyl halides is 3. The Morgan fingerprint density at radius 3 is 2.69 bits per heavy atom. The van der Waals surface area contributed by atoms with Gasteiger partial charge in [-0.3, -0.25) is 10.1 Å². The summed E-state index contributed by atoms with van der Waals surface area (Å²) in [5.41, 5.74) is 3.06. The van der Waals surface area contributed by atoms with Crippen molar-refractivity contribution < 1.29 is 18.0 Å². The highest BCUT2D eigenvalue weighted by atomic mass is 32.1. The third-order valence-corrected chi connectivity index (χ3v) is 5.70. The normalized spacial score (nSPS) is 13.8. The molecule has 4 nitrogen and oxygen atoms in total. The van der Waals surface area contributed by atoms with Crippen molar-refractivity contribution >= 4 is 22.4 Å². The molecule has 1 amide bonds. The molecule has 2 N–H and O–H groups in total. The first-order chi connectivity index (χ1) is 13.9. The molecule has 4 rings (SSSR count). The number of amides is 1. The lowest BCUT2D eigenvalue weighted by atomic mass is 9.98. The minimum absolute atomic E-state index is 0.221. The Bertz CT molecular complexity index is 1030. The molecular formula is C21H18F3N3OS. The molecule has 1 aromatic heterocycles. The zero-order valence-corrected chi connectivity index (χ0v) is 16.2. The van der Waals surface area contributed by atoms with Gasteiger partial charge in [0.15, 0.2) is 5.13 Å². The van der Waals surface area contributed by atoms with E-state index in [0.717, 1.165) is 42.1 Å². The van der Waals surface area contributed by atoms with Gasteiger partial charge in [0.1, 0.15) is 0 Å². The molecule has 150 valence electrons. The van der Waals surface area contributed by atoms with Crippen molar-refractivity contribution in [2.45, 2.75) is 25.6 Å². The van der Waals surface area contributed by atoms with Gasteiger partial charge in [0.25, 0.3) is 5.91 Å². The van der Waals surface area contributed by atoms with Gasteiger partial charge in [-0.25, -0.2) is 4.98 Å². The smallest absolute Gasteiger partial charge is 0.312 e. The summed E-state index contributed by atoms with van der Waals surface area (Å²) in [5.74, 6) is -0.221. The number of benzene rings is 2. The number of hydrogen-bond acceptors (Lipinski definition) is 4. The largest absolute Gasteiger partial charge is 0.416 e. The molecule has 2 aromatic carbocycles. The Kier molecular flexibility index (Phi) is 5.38. The van der Waals surface area contributed by atoms with E-state index in [1.807, 2.05) is 12.1 Å². The molecule has 0 atom stereocenters. The van der Waals surface area contributed by atoms with E-state index in [0.29, 0.717) is 17.1 Å². The summed E-state index contributed by atoms with van der Waals surface area (Å²) < 4.78 is 38.0. The number of thiazole rings is 1. The summed E-state index contributed by atoms with van der Waals surface area (Å²) in [6, 6.07) is 10.8. The minimum Gasteiger partial charge on any atom is -0.312 e. The quantitative estimate of drug-likeness (QED) is 0.650. The van der Waals surface area contributed by atoms with Crippen LogP contribution in [0.25, 0.3) is 0 Å². The third kappa shape index (κ3) is 4.65. The molecule has 0 radical (unpaired) electrons. The first kappa shape index (κ1) is 19.6. The molecular weight excluding hydrogens is 399 g/mol. The van der Waals surface area contributed by atoms with E-state index >= 15 is 0 Å². The van der Waals surface area contributed by atoms with E-state index < -0.39 is 11.7 Å². The molecule has 0 aliphatic carbocycles. The first-order valence-corrected chi connectivity index (χ1v) is 9.95. The lowest BCUT2D eigenvalue weighted by Crippen LogP contribution is -2.24. The fourth-order valence-corrected chi connectivity index (χ4v) is 4.09. The maximum atomic E-state index is 12.7. The van der Waals surface area contributed by atoms with E-state index in [2.05, 4.69) is 15.6 Å². The number of carbonyl (C=O) groups is 1. The second-order valence-corrected chi connectivity index (χ2v) is 7.98. The van der Waals surface area contributed by atoms with Crippen molar-refractivity contribution in [1.82, 2.24) is 10.3 Å². The number of carbonyl (C=O) groups excluding carboxylic acids is 1. The molecule has 0 saturated carbocycles. The van der Waals surface area contributed by atoms with Crippen LogP contribution in [0, 0.1) is 0 Å². The van der Waals surface area contributed by atoms with Crippen molar-refractivity contribution in [3.05, 3.63) is 81.4 Å². The molecule has 0 bridgehead atoms. The number of aromatic nitrogens is 1. The van der Waals surface area contributed by atoms with Gasteiger partial charge in [0.2, 0.25) is 0 Å². The van der Waals surface area contributed by atoms with Crippen molar-refractivity contribution in [2.75, 3.05) is 11.9 Å². The summed E-state index contributed by atoms with van der Waals surface area (Å²) in [4.78, 5) is 17.6. The molecule has 0 spiro atoms. The van der Waals surface area contributed by atoms with Gasteiger partial charge in [-0.2, -0.15) is 13.2 Å². The fraction of sp³-hybridized carbons (Fsp3) is 0.238. The summed E-state index contributed by atoms with van der Waals surface area (Å²) in [6.07, 6.45) is -1.35. The minimum atomic E-state index is -4.34. The highest BCUT2D eigenvalue weighted by molar-refractivity contribution is 7.15. The number of halogens is 3. The van der Waals surface area contributed by atoms with Gasteiger partial charge in [0.05, 0.1) is 5.56 Å². The highest BCUT2D eigenvalue weighted by Crippen LogP contribution is 2.30. The molecule has 8 heteroatoms. The Morgan fingerprint density at radius 1 is 1.14 bits per heavy atom. The lowest BCUT2D eigenvalue weighted by Gasteiger charge is -2.17. The Labute approximate surface area is 169 Å². The van der Waals surface area contributed by atoms with Gasteiger partial charge >= 0.3 is 6.18 Å². The maximum absolute atomic E-state index is 12.7. The van der Waals surface area contributed by atoms with Gasteiger partial charge in [-0.1, -0.05) is 18.2 Å². The number of rotatable bonds is 4. The molecule has 0 saturated heterocycles. The Balaban J connectivity index is 1.41. The van der Waals surface area contributed by atoms with Gasteiger partial charge in [0, 0.05) is 29.6 Å². The summed E-state index contributed by atoms with van der Waals surface area (Å²) >= 11 is 1.31. The van der Waals surface area contributed by atoms with Gasteiger partial charge in [-0.05, 0) is 53.9 Å². The van der Waals surface area contributed by atoms with Crippen LogP contribution in [0.2, 0.25) is 0 Å². The van der Waals surface area contributed by atoms with Crippen LogP contribution in [0.3, 0.4) is 0 Å². The average Bonchev–Trinajstić information content (AvgIpc) is 3.14. The average molecular weight is 417 g/mol. The molecule has 2 heterocycles. The Morgan fingerprint density at radius 2 is 1.93 bits per heavy atom. The summed E-state index contributed by atoms with van der Waals surface area (Å²) in [7, 11) is 0. The van der Waals surface area contributed by atoms with E-state index in [1.165, 1.54) is 34.6 Å². The summed E-state index contributed by atoms with van der Waals surface area (Å²) in [6.45, 7) is 1.72. The second kappa shape index (κ2) is 7.96. The highest BCUT2D eigenvalue weighted by Gasteiger charge is 2.29. The van der Waals surface area contributed by atoms with Gasteiger partial charge < -0.3 is 5.32 Å². The number of nitrogens with one attached hydrogen (secondary N) is 2. The predicted octanol–water partition coefficient (Wildman–Crippen LogP) is 4.65.